The van der Waals surface area contributed by atoms with Crippen LogP contribution in [0.1, 0.15) is 53.8 Å². The van der Waals surface area contributed by atoms with E-state index in [-0.39, 0.29) is 11.3 Å². The van der Waals surface area contributed by atoms with Crippen LogP contribution in [0.15, 0.2) is 24.4 Å². The Morgan fingerprint density at radius 3 is 2.93 bits per heavy atom. The largest absolute Gasteiger partial charge is 0.507 e. The van der Waals surface area contributed by atoms with E-state index in [0.717, 1.165) is 19.6 Å². The first-order valence-corrected chi connectivity index (χ1v) is 10.0. The standard InChI is InChI=1S/C22H28N2O4/c1-13(2)24-19(6-8-23-24)21-17-11-27-9-7-15(17)18(21)12-28-20-5-4-14(3)22(26)16(20)10-25/h4-6,8,10,13,15,17-18,21,26H,7,9,11-12H2,1-3H3/t15?,17-,18?,21?/m0/s1. The molecule has 150 valence electrons. The van der Waals surface area contributed by atoms with Crippen molar-refractivity contribution in [3.8, 4) is 11.5 Å². The van der Waals surface area contributed by atoms with E-state index >= 15 is 0 Å². The van der Waals surface area contributed by atoms with Gasteiger partial charge in [-0.05, 0) is 56.7 Å². The van der Waals surface area contributed by atoms with Crippen molar-refractivity contribution in [2.24, 2.45) is 17.8 Å². The average Bonchev–Trinajstić information content (AvgIpc) is 3.15. The van der Waals surface area contributed by atoms with E-state index in [1.165, 1.54) is 5.69 Å². The molecule has 3 unspecified atom stereocenters. The van der Waals surface area contributed by atoms with E-state index in [4.69, 9.17) is 9.47 Å². The summed E-state index contributed by atoms with van der Waals surface area (Å²) in [6.45, 7) is 8.13. The Labute approximate surface area is 165 Å². The van der Waals surface area contributed by atoms with Gasteiger partial charge < -0.3 is 14.6 Å². The van der Waals surface area contributed by atoms with E-state index in [1.807, 2.05) is 6.20 Å². The van der Waals surface area contributed by atoms with Crippen molar-refractivity contribution in [3.63, 3.8) is 0 Å². The van der Waals surface area contributed by atoms with E-state index in [0.29, 0.717) is 53.9 Å². The summed E-state index contributed by atoms with van der Waals surface area (Å²) in [7, 11) is 0. The number of rotatable bonds is 6. The molecule has 1 aliphatic carbocycles. The quantitative estimate of drug-likeness (QED) is 0.768. The summed E-state index contributed by atoms with van der Waals surface area (Å²) in [6.07, 6.45) is 3.57. The van der Waals surface area contributed by atoms with Gasteiger partial charge in [-0.25, -0.2) is 0 Å². The van der Waals surface area contributed by atoms with Gasteiger partial charge in [-0.2, -0.15) is 5.10 Å². The van der Waals surface area contributed by atoms with Crippen molar-refractivity contribution in [3.05, 3.63) is 41.2 Å². The molecule has 1 N–H and O–H groups in total. The molecule has 0 amide bonds. The number of phenolic OH excluding ortho intramolecular Hbond substituents is 1. The Kier molecular flexibility index (Phi) is 5.15. The SMILES string of the molecule is Cc1ccc(OCC2C3CCOC[C@@H]3C2c2ccnn2C(C)C)c(C=O)c1O. The third-order valence-corrected chi connectivity index (χ3v) is 6.39. The normalized spacial score (nSPS) is 26.6. The Hall–Kier alpha value is -2.34. The molecule has 0 radical (unpaired) electrons. The number of hydrogen-bond acceptors (Lipinski definition) is 5. The number of aldehydes is 1. The molecule has 0 bridgehead atoms. The van der Waals surface area contributed by atoms with E-state index in [2.05, 4.69) is 29.7 Å². The van der Waals surface area contributed by atoms with E-state index < -0.39 is 0 Å². The minimum absolute atomic E-state index is 0.000475. The number of fused-ring (bicyclic) bond motifs is 1. The van der Waals surface area contributed by atoms with Crippen molar-refractivity contribution in [2.45, 2.75) is 39.2 Å². The highest BCUT2D eigenvalue weighted by Gasteiger charge is 2.53. The van der Waals surface area contributed by atoms with Crippen molar-refractivity contribution < 1.29 is 19.4 Å². The van der Waals surface area contributed by atoms with Gasteiger partial charge in [0.05, 0.1) is 18.8 Å². The minimum atomic E-state index is -0.000475. The monoisotopic (exact) mass is 384 g/mol. The van der Waals surface area contributed by atoms with Crippen LogP contribution in [-0.2, 0) is 4.74 Å². The number of phenols is 1. The zero-order chi connectivity index (χ0) is 19.8. The zero-order valence-corrected chi connectivity index (χ0v) is 16.7. The number of ether oxygens (including phenoxy) is 2. The molecule has 2 aliphatic rings. The average molecular weight is 384 g/mol. The predicted molar refractivity (Wildman–Crippen MR) is 105 cm³/mol. The van der Waals surface area contributed by atoms with Crippen LogP contribution in [0.3, 0.4) is 0 Å². The first kappa shape index (κ1) is 19.0. The first-order chi connectivity index (χ1) is 13.5. The maximum absolute atomic E-state index is 11.5. The summed E-state index contributed by atoms with van der Waals surface area (Å²) in [5, 5.41) is 14.7. The van der Waals surface area contributed by atoms with Crippen molar-refractivity contribution in [2.75, 3.05) is 19.8 Å². The van der Waals surface area contributed by atoms with Gasteiger partial charge in [-0.3, -0.25) is 9.48 Å². The second-order valence-corrected chi connectivity index (χ2v) is 8.25. The van der Waals surface area contributed by atoms with Crippen LogP contribution >= 0.6 is 0 Å². The second kappa shape index (κ2) is 7.59. The number of aromatic hydroxyl groups is 1. The lowest BCUT2D eigenvalue weighted by Crippen LogP contribution is -2.53. The molecule has 1 aromatic heterocycles. The molecule has 2 fully saturated rings. The number of aromatic nitrogens is 2. The number of nitrogens with zero attached hydrogens (tertiary/aromatic N) is 2. The molecule has 1 saturated carbocycles. The molecule has 1 saturated heterocycles. The molecule has 6 nitrogen and oxygen atoms in total. The lowest BCUT2D eigenvalue weighted by atomic mass is 9.54. The molecule has 4 rings (SSSR count). The maximum atomic E-state index is 11.5. The molecule has 0 spiro atoms. The highest BCUT2D eigenvalue weighted by Crippen LogP contribution is 2.55. The molecule has 2 aromatic rings. The highest BCUT2D eigenvalue weighted by atomic mass is 16.5. The van der Waals surface area contributed by atoms with Gasteiger partial charge in [0.1, 0.15) is 11.5 Å². The summed E-state index contributed by atoms with van der Waals surface area (Å²) in [4.78, 5) is 11.5. The molecule has 1 aliphatic heterocycles. The predicted octanol–water partition coefficient (Wildman–Crippen LogP) is 3.74. The summed E-state index contributed by atoms with van der Waals surface area (Å²) in [6, 6.07) is 5.95. The van der Waals surface area contributed by atoms with Crippen molar-refractivity contribution in [1.29, 1.82) is 0 Å². The Bertz CT molecular complexity index is 860. The number of benzene rings is 1. The van der Waals surface area contributed by atoms with E-state index in [1.54, 1.807) is 19.1 Å². The molecule has 28 heavy (non-hydrogen) atoms. The molecular formula is C22H28N2O4. The molecule has 4 atom stereocenters. The van der Waals surface area contributed by atoms with Crippen molar-refractivity contribution in [1.82, 2.24) is 9.78 Å². The highest BCUT2D eigenvalue weighted by molar-refractivity contribution is 5.84. The molecule has 2 heterocycles. The van der Waals surface area contributed by atoms with Gasteiger partial charge in [0.25, 0.3) is 0 Å². The van der Waals surface area contributed by atoms with Gasteiger partial charge in [0.2, 0.25) is 0 Å². The first-order valence-electron chi connectivity index (χ1n) is 10.0. The molecule has 1 aromatic carbocycles. The van der Waals surface area contributed by atoms with E-state index in [9.17, 15) is 9.90 Å². The summed E-state index contributed by atoms with van der Waals surface area (Å²) in [5.41, 5.74) is 2.13. The van der Waals surface area contributed by atoms with Crippen LogP contribution in [0.4, 0.5) is 0 Å². The Morgan fingerprint density at radius 1 is 1.36 bits per heavy atom. The number of hydrogen-bond donors (Lipinski definition) is 1. The van der Waals surface area contributed by atoms with Gasteiger partial charge in [0, 0.05) is 36.4 Å². The second-order valence-electron chi connectivity index (χ2n) is 8.25. The lowest BCUT2D eigenvalue weighted by molar-refractivity contribution is -0.106. The smallest absolute Gasteiger partial charge is 0.157 e. The van der Waals surface area contributed by atoms with Crippen molar-refractivity contribution >= 4 is 6.29 Å². The summed E-state index contributed by atoms with van der Waals surface area (Å²) < 4.78 is 13.9. The third kappa shape index (κ3) is 3.09. The lowest BCUT2D eigenvalue weighted by Gasteiger charge is -2.54. The fourth-order valence-electron chi connectivity index (χ4n) is 4.93. The van der Waals surface area contributed by atoms with Crippen LogP contribution in [0.5, 0.6) is 11.5 Å². The Morgan fingerprint density at radius 2 is 2.18 bits per heavy atom. The molecular weight excluding hydrogens is 356 g/mol. The topological polar surface area (TPSA) is 73.6 Å². The van der Waals surface area contributed by atoms with Gasteiger partial charge >= 0.3 is 0 Å². The van der Waals surface area contributed by atoms with Crippen LogP contribution < -0.4 is 4.74 Å². The number of aryl methyl sites for hydroxylation is 1. The van der Waals surface area contributed by atoms with Crippen LogP contribution in [-0.4, -0.2) is 41.0 Å². The zero-order valence-electron chi connectivity index (χ0n) is 16.7. The van der Waals surface area contributed by atoms with Gasteiger partial charge in [-0.15, -0.1) is 0 Å². The van der Waals surface area contributed by atoms with Crippen LogP contribution in [0.25, 0.3) is 0 Å². The number of carbonyl (C=O) groups is 1. The number of carbonyl (C=O) groups excluding carboxylic acids is 1. The summed E-state index contributed by atoms with van der Waals surface area (Å²) in [5.74, 6) is 2.14. The Balaban J connectivity index is 1.58. The fraction of sp³-hybridized carbons (Fsp3) is 0.545. The third-order valence-electron chi connectivity index (χ3n) is 6.39. The molecule has 6 heteroatoms. The van der Waals surface area contributed by atoms with Gasteiger partial charge in [0.15, 0.2) is 6.29 Å². The summed E-state index contributed by atoms with van der Waals surface area (Å²) >= 11 is 0. The maximum Gasteiger partial charge on any atom is 0.157 e. The van der Waals surface area contributed by atoms with Gasteiger partial charge in [-0.1, -0.05) is 6.07 Å². The van der Waals surface area contributed by atoms with Crippen LogP contribution in [0.2, 0.25) is 0 Å². The van der Waals surface area contributed by atoms with Crippen LogP contribution in [0, 0.1) is 24.7 Å². The minimum Gasteiger partial charge on any atom is -0.507 e. The fourth-order valence-corrected chi connectivity index (χ4v) is 4.93.